The van der Waals surface area contributed by atoms with E-state index in [1.807, 2.05) is 42.5 Å². The number of hydrogen-bond donors (Lipinski definition) is 2. The van der Waals surface area contributed by atoms with Crippen molar-refractivity contribution >= 4 is 23.2 Å². The summed E-state index contributed by atoms with van der Waals surface area (Å²) in [5.41, 5.74) is 4.58. The standard InChI is InChI=1S/C27H33N7O2/c1-5-33(6-2)14-13-28-26(35)20-8-10-22(11-9-20)31-25-17-23(34-27(32-25)29-18-30-34)16-21-15-19(3)7-12-24(21)36-4/h7-12,15,17-18H,5-6,13-14,16H2,1-4H3,(H,28,35)(H,29,30,31,32). The zero-order valence-electron chi connectivity index (χ0n) is 21.3. The molecule has 4 rings (SSSR count). The largest absolute Gasteiger partial charge is 0.496 e. The fourth-order valence-corrected chi connectivity index (χ4v) is 4.13. The number of carbonyl (C=O) groups is 1. The van der Waals surface area contributed by atoms with Crippen LogP contribution in [0.3, 0.4) is 0 Å². The molecule has 0 aliphatic carbocycles. The molecule has 0 aliphatic heterocycles. The molecule has 0 spiro atoms. The van der Waals surface area contributed by atoms with E-state index in [0.29, 0.717) is 30.1 Å². The third kappa shape index (κ3) is 5.98. The molecule has 0 saturated heterocycles. The number of anilines is 2. The molecule has 2 aromatic heterocycles. The fourth-order valence-electron chi connectivity index (χ4n) is 4.13. The number of nitrogens with one attached hydrogen (secondary N) is 2. The Morgan fingerprint density at radius 3 is 2.58 bits per heavy atom. The molecule has 0 fully saturated rings. The predicted molar refractivity (Wildman–Crippen MR) is 141 cm³/mol. The summed E-state index contributed by atoms with van der Waals surface area (Å²) in [5, 5.41) is 10.7. The molecule has 0 bridgehead atoms. The minimum atomic E-state index is -0.0777. The minimum Gasteiger partial charge on any atom is -0.496 e. The van der Waals surface area contributed by atoms with E-state index in [1.54, 1.807) is 11.6 Å². The second-order valence-electron chi connectivity index (χ2n) is 8.58. The average Bonchev–Trinajstić information content (AvgIpc) is 3.36. The van der Waals surface area contributed by atoms with Gasteiger partial charge < -0.3 is 20.3 Å². The number of methoxy groups -OCH3 is 1. The van der Waals surface area contributed by atoms with Crippen LogP contribution in [0, 0.1) is 6.92 Å². The van der Waals surface area contributed by atoms with Gasteiger partial charge in [0, 0.05) is 42.4 Å². The van der Waals surface area contributed by atoms with E-state index in [9.17, 15) is 4.79 Å². The summed E-state index contributed by atoms with van der Waals surface area (Å²) in [5.74, 6) is 1.90. The Morgan fingerprint density at radius 2 is 1.86 bits per heavy atom. The van der Waals surface area contributed by atoms with E-state index < -0.39 is 0 Å². The summed E-state index contributed by atoms with van der Waals surface area (Å²) in [6.45, 7) is 9.71. The van der Waals surface area contributed by atoms with Gasteiger partial charge in [-0.2, -0.15) is 15.1 Å². The van der Waals surface area contributed by atoms with Crippen molar-refractivity contribution in [2.75, 3.05) is 38.6 Å². The first-order chi connectivity index (χ1) is 17.5. The highest BCUT2D eigenvalue weighted by Crippen LogP contribution is 2.25. The van der Waals surface area contributed by atoms with Crippen LogP contribution in [-0.2, 0) is 6.42 Å². The zero-order chi connectivity index (χ0) is 25.5. The molecular formula is C27H33N7O2. The lowest BCUT2D eigenvalue weighted by Gasteiger charge is -2.18. The lowest BCUT2D eigenvalue weighted by Crippen LogP contribution is -2.34. The Morgan fingerprint density at radius 1 is 1.08 bits per heavy atom. The number of benzene rings is 2. The second kappa shape index (κ2) is 11.6. The van der Waals surface area contributed by atoms with Crippen molar-refractivity contribution in [3.05, 3.63) is 77.2 Å². The smallest absolute Gasteiger partial charge is 0.254 e. The summed E-state index contributed by atoms with van der Waals surface area (Å²) in [4.78, 5) is 23.6. The molecule has 0 atom stereocenters. The fraction of sp³-hybridized carbons (Fsp3) is 0.333. The van der Waals surface area contributed by atoms with Gasteiger partial charge in [0.2, 0.25) is 0 Å². The van der Waals surface area contributed by atoms with Crippen molar-refractivity contribution in [2.24, 2.45) is 0 Å². The lowest BCUT2D eigenvalue weighted by molar-refractivity contribution is 0.0949. The normalized spacial score (nSPS) is 11.1. The van der Waals surface area contributed by atoms with Gasteiger partial charge in [0.25, 0.3) is 11.7 Å². The number of rotatable bonds is 11. The maximum Gasteiger partial charge on any atom is 0.254 e. The SMILES string of the molecule is CCN(CC)CCNC(=O)c1ccc(Nc2cc(Cc3cc(C)ccc3OC)n3ncnc3n2)cc1. The van der Waals surface area contributed by atoms with E-state index in [-0.39, 0.29) is 5.91 Å². The molecule has 0 unspecified atom stereocenters. The molecule has 2 aromatic carbocycles. The number of aryl methyl sites for hydroxylation is 1. The molecule has 9 heteroatoms. The van der Waals surface area contributed by atoms with Crippen molar-refractivity contribution < 1.29 is 9.53 Å². The number of likely N-dealkylation sites (N-methyl/N-ethyl adjacent to an activating group) is 1. The number of hydrogen-bond acceptors (Lipinski definition) is 7. The predicted octanol–water partition coefficient (Wildman–Crippen LogP) is 3.85. The molecule has 2 N–H and O–H groups in total. The molecule has 0 aliphatic rings. The van der Waals surface area contributed by atoms with Crippen LogP contribution in [0.4, 0.5) is 11.5 Å². The lowest BCUT2D eigenvalue weighted by atomic mass is 10.1. The number of aromatic nitrogens is 4. The third-order valence-corrected chi connectivity index (χ3v) is 6.16. The van der Waals surface area contributed by atoms with Crippen molar-refractivity contribution in [3.63, 3.8) is 0 Å². The van der Waals surface area contributed by atoms with E-state index in [2.05, 4.69) is 57.4 Å². The molecule has 4 aromatic rings. The van der Waals surface area contributed by atoms with Crippen LogP contribution < -0.4 is 15.4 Å². The third-order valence-electron chi connectivity index (χ3n) is 6.16. The summed E-state index contributed by atoms with van der Waals surface area (Å²) in [6.07, 6.45) is 2.10. The number of amides is 1. The first-order valence-electron chi connectivity index (χ1n) is 12.2. The van der Waals surface area contributed by atoms with Gasteiger partial charge in [-0.25, -0.2) is 4.52 Å². The van der Waals surface area contributed by atoms with Crippen LogP contribution in [-0.4, -0.2) is 63.7 Å². The summed E-state index contributed by atoms with van der Waals surface area (Å²) in [7, 11) is 1.67. The molecule has 9 nitrogen and oxygen atoms in total. The summed E-state index contributed by atoms with van der Waals surface area (Å²) in [6, 6.07) is 15.4. The maximum absolute atomic E-state index is 12.5. The van der Waals surface area contributed by atoms with Crippen LogP contribution in [0.5, 0.6) is 5.75 Å². The van der Waals surface area contributed by atoms with Gasteiger partial charge in [-0.3, -0.25) is 4.79 Å². The zero-order valence-corrected chi connectivity index (χ0v) is 21.3. The number of fused-ring (bicyclic) bond motifs is 1. The molecule has 2 heterocycles. The highest BCUT2D eigenvalue weighted by molar-refractivity contribution is 5.94. The highest BCUT2D eigenvalue weighted by Gasteiger charge is 2.12. The minimum absolute atomic E-state index is 0.0777. The topological polar surface area (TPSA) is 96.7 Å². The maximum atomic E-state index is 12.5. The van der Waals surface area contributed by atoms with Crippen molar-refractivity contribution in [1.29, 1.82) is 0 Å². The quantitative estimate of drug-likeness (QED) is 0.332. The summed E-state index contributed by atoms with van der Waals surface area (Å²) >= 11 is 0. The van der Waals surface area contributed by atoms with E-state index >= 15 is 0 Å². The van der Waals surface area contributed by atoms with Crippen LogP contribution in [0.2, 0.25) is 0 Å². The Hall–Kier alpha value is -3.98. The van der Waals surface area contributed by atoms with E-state index in [4.69, 9.17) is 4.74 Å². The first-order valence-corrected chi connectivity index (χ1v) is 12.2. The van der Waals surface area contributed by atoms with E-state index in [1.165, 1.54) is 6.33 Å². The van der Waals surface area contributed by atoms with Crippen LogP contribution in [0.15, 0.2) is 54.9 Å². The Bertz CT molecular complexity index is 1310. The average molecular weight is 488 g/mol. The number of carbonyl (C=O) groups excluding carboxylic acids is 1. The Kier molecular flexibility index (Phi) is 8.12. The van der Waals surface area contributed by atoms with Gasteiger partial charge in [-0.15, -0.1) is 0 Å². The monoisotopic (exact) mass is 487 g/mol. The second-order valence-corrected chi connectivity index (χ2v) is 8.58. The molecule has 1 amide bonds. The molecule has 36 heavy (non-hydrogen) atoms. The van der Waals surface area contributed by atoms with Gasteiger partial charge in [-0.1, -0.05) is 31.5 Å². The Balaban J connectivity index is 1.48. The van der Waals surface area contributed by atoms with Gasteiger partial charge in [0.1, 0.15) is 17.9 Å². The van der Waals surface area contributed by atoms with Gasteiger partial charge in [0.05, 0.1) is 12.8 Å². The molecule has 0 saturated carbocycles. The molecule has 0 radical (unpaired) electrons. The summed E-state index contributed by atoms with van der Waals surface area (Å²) < 4.78 is 7.29. The van der Waals surface area contributed by atoms with Crippen LogP contribution in [0.1, 0.15) is 41.0 Å². The van der Waals surface area contributed by atoms with Gasteiger partial charge in [-0.05, 0) is 50.3 Å². The van der Waals surface area contributed by atoms with Crippen molar-refractivity contribution in [3.8, 4) is 5.75 Å². The number of ether oxygens (including phenoxy) is 1. The Labute approximate surface area is 211 Å². The van der Waals surface area contributed by atoms with Crippen molar-refractivity contribution in [1.82, 2.24) is 29.8 Å². The van der Waals surface area contributed by atoms with Gasteiger partial charge >= 0.3 is 0 Å². The molecular weight excluding hydrogens is 454 g/mol. The van der Waals surface area contributed by atoms with E-state index in [0.717, 1.165) is 47.9 Å². The highest BCUT2D eigenvalue weighted by atomic mass is 16.5. The molecule has 188 valence electrons. The first kappa shape index (κ1) is 25.1. The van der Waals surface area contributed by atoms with Crippen molar-refractivity contribution in [2.45, 2.75) is 27.2 Å². The number of nitrogens with zero attached hydrogens (tertiary/aromatic N) is 5. The van der Waals surface area contributed by atoms with Crippen LogP contribution >= 0.6 is 0 Å². The van der Waals surface area contributed by atoms with Gasteiger partial charge in [0.15, 0.2) is 0 Å². The van der Waals surface area contributed by atoms with Crippen LogP contribution in [0.25, 0.3) is 5.78 Å².